The van der Waals surface area contributed by atoms with Gasteiger partial charge in [-0.2, -0.15) is 15.0 Å². The van der Waals surface area contributed by atoms with Crippen LogP contribution in [0.5, 0.6) is 5.75 Å². The second-order valence-corrected chi connectivity index (χ2v) is 7.95. The fourth-order valence-corrected chi connectivity index (χ4v) is 3.61. The van der Waals surface area contributed by atoms with E-state index in [1.54, 1.807) is 29.2 Å². The highest BCUT2D eigenvalue weighted by molar-refractivity contribution is 6.31. The topological polar surface area (TPSA) is 106 Å². The van der Waals surface area contributed by atoms with Crippen molar-refractivity contribution < 1.29 is 9.53 Å². The molecule has 3 aromatic rings. The molecule has 31 heavy (non-hydrogen) atoms. The smallest absolute Gasteiger partial charge is 0.232 e. The van der Waals surface area contributed by atoms with E-state index in [0.29, 0.717) is 40.3 Å². The van der Waals surface area contributed by atoms with Gasteiger partial charge in [0.1, 0.15) is 12.4 Å². The normalized spacial score (nSPS) is 13.5. The van der Waals surface area contributed by atoms with E-state index in [9.17, 15) is 4.79 Å². The Morgan fingerprint density at radius 1 is 1.16 bits per heavy atom. The van der Waals surface area contributed by atoms with Gasteiger partial charge in [-0.25, -0.2) is 0 Å². The molecule has 1 aliphatic heterocycles. The lowest BCUT2D eigenvalue weighted by molar-refractivity contribution is -0.117. The van der Waals surface area contributed by atoms with Crippen LogP contribution in [0.3, 0.4) is 0 Å². The van der Waals surface area contributed by atoms with Crippen molar-refractivity contribution >= 4 is 52.4 Å². The summed E-state index contributed by atoms with van der Waals surface area (Å²) in [6.07, 6.45) is 1.36. The number of ether oxygens (including phenoxy) is 1. The van der Waals surface area contributed by atoms with Crippen LogP contribution in [0.25, 0.3) is 0 Å². The minimum atomic E-state index is 0.0454. The number of nitrogen functional groups attached to an aromatic ring is 1. The molecule has 1 aromatic heterocycles. The summed E-state index contributed by atoms with van der Waals surface area (Å²) in [7, 11) is 0. The summed E-state index contributed by atoms with van der Waals surface area (Å²) in [4.78, 5) is 26.3. The number of nitrogens with zero attached hydrogens (tertiary/aromatic N) is 4. The van der Waals surface area contributed by atoms with Crippen molar-refractivity contribution in [2.24, 2.45) is 0 Å². The van der Waals surface area contributed by atoms with Crippen LogP contribution in [0.15, 0.2) is 36.4 Å². The number of carbonyl (C=O) groups excluding carboxylic acids is 1. The molecule has 0 unspecified atom stereocenters. The molecule has 1 saturated heterocycles. The molecule has 0 saturated carbocycles. The molecule has 0 radical (unpaired) electrons. The molecule has 0 aliphatic carbocycles. The summed E-state index contributed by atoms with van der Waals surface area (Å²) >= 11 is 12.4. The molecular formula is C21H20Cl2N6O2. The summed E-state index contributed by atoms with van der Waals surface area (Å²) in [5, 5.41) is 4.17. The fraction of sp³-hybridized carbons (Fsp3) is 0.238. The largest absolute Gasteiger partial charge is 0.485 e. The van der Waals surface area contributed by atoms with Crippen molar-refractivity contribution in [3.8, 4) is 5.75 Å². The maximum Gasteiger partial charge on any atom is 0.232 e. The molecule has 1 aliphatic rings. The van der Waals surface area contributed by atoms with Crippen LogP contribution in [0.4, 0.5) is 23.3 Å². The molecule has 2 heterocycles. The number of rotatable bonds is 6. The van der Waals surface area contributed by atoms with E-state index in [1.165, 1.54) is 0 Å². The molecule has 1 fully saturated rings. The highest BCUT2D eigenvalue weighted by atomic mass is 35.5. The van der Waals surface area contributed by atoms with Crippen LogP contribution in [-0.4, -0.2) is 27.4 Å². The lowest BCUT2D eigenvalue weighted by Gasteiger charge is -2.17. The number of nitrogens with one attached hydrogen (secondary N) is 1. The van der Waals surface area contributed by atoms with E-state index in [-0.39, 0.29) is 24.4 Å². The van der Waals surface area contributed by atoms with Crippen molar-refractivity contribution in [2.75, 3.05) is 22.5 Å². The van der Waals surface area contributed by atoms with Gasteiger partial charge in [-0.05, 0) is 43.2 Å². The van der Waals surface area contributed by atoms with Crippen LogP contribution >= 0.6 is 23.2 Å². The predicted molar refractivity (Wildman–Crippen MR) is 121 cm³/mol. The standard InChI is InChI=1S/C21H20Cl2N6O2/c1-12-4-5-14(9-17(12)23)25-21-27-18(26-20(24)28-21)11-31-16-8-13(22)7-15(10-16)29-6-2-3-19(29)30/h4-5,7-10H,2-3,6,11H2,1H3,(H3,24,25,26,27,28). The third-order valence-corrected chi connectivity index (χ3v) is 5.36. The number of benzene rings is 2. The molecule has 2 aromatic carbocycles. The molecule has 8 nitrogen and oxygen atoms in total. The van der Waals surface area contributed by atoms with E-state index < -0.39 is 0 Å². The molecular weight excluding hydrogens is 439 g/mol. The zero-order valence-electron chi connectivity index (χ0n) is 16.7. The molecule has 160 valence electrons. The first-order valence-electron chi connectivity index (χ1n) is 9.65. The Bertz CT molecular complexity index is 1140. The highest BCUT2D eigenvalue weighted by Gasteiger charge is 2.22. The Morgan fingerprint density at radius 3 is 2.74 bits per heavy atom. The lowest BCUT2D eigenvalue weighted by Crippen LogP contribution is -2.23. The molecule has 3 N–H and O–H groups in total. The van der Waals surface area contributed by atoms with E-state index in [0.717, 1.165) is 17.7 Å². The minimum Gasteiger partial charge on any atom is -0.485 e. The molecule has 1 amide bonds. The first-order valence-corrected chi connectivity index (χ1v) is 10.4. The number of aryl methyl sites for hydroxylation is 1. The van der Waals surface area contributed by atoms with Crippen molar-refractivity contribution in [1.82, 2.24) is 15.0 Å². The Kier molecular flexibility index (Phi) is 6.11. The van der Waals surface area contributed by atoms with E-state index in [4.69, 9.17) is 33.7 Å². The van der Waals surface area contributed by atoms with Gasteiger partial charge in [0.25, 0.3) is 0 Å². The fourth-order valence-electron chi connectivity index (χ4n) is 3.21. The summed E-state index contributed by atoms with van der Waals surface area (Å²) in [5.41, 5.74) is 8.23. The zero-order valence-corrected chi connectivity index (χ0v) is 18.2. The first kappa shape index (κ1) is 21.1. The van der Waals surface area contributed by atoms with Crippen molar-refractivity contribution in [1.29, 1.82) is 0 Å². The number of anilines is 4. The monoisotopic (exact) mass is 458 g/mol. The Labute approximate surface area is 189 Å². The second kappa shape index (κ2) is 8.95. The van der Waals surface area contributed by atoms with Gasteiger partial charge in [-0.15, -0.1) is 0 Å². The zero-order chi connectivity index (χ0) is 22.0. The Morgan fingerprint density at radius 2 is 2.00 bits per heavy atom. The second-order valence-electron chi connectivity index (χ2n) is 7.11. The maximum atomic E-state index is 12.0. The number of hydrogen-bond donors (Lipinski definition) is 2. The van der Waals surface area contributed by atoms with Crippen LogP contribution in [-0.2, 0) is 11.4 Å². The average molecular weight is 459 g/mol. The number of hydrogen-bond acceptors (Lipinski definition) is 7. The van der Waals surface area contributed by atoms with Gasteiger partial charge < -0.3 is 20.7 Å². The number of halogens is 2. The quantitative estimate of drug-likeness (QED) is 0.558. The number of nitrogens with two attached hydrogens (primary N) is 1. The van der Waals surface area contributed by atoms with Gasteiger partial charge in [-0.3, -0.25) is 4.79 Å². The van der Waals surface area contributed by atoms with Crippen molar-refractivity contribution in [3.63, 3.8) is 0 Å². The maximum absolute atomic E-state index is 12.0. The van der Waals surface area contributed by atoms with E-state index >= 15 is 0 Å². The summed E-state index contributed by atoms with van der Waals surface area (Å²) < 4.78 is 5.82. The van der Waals surface area contributed by atoms with Crippen molar-refractivity contribution in [3.05, 3.63) is 57.8 Å². The van der Waals surface area contributed by atoms with Crippen LogP contribution in [0.1, 0.15) is 24.2 Å². The lowest BCUT2D eigenvalue weighted by atomic mass is 10.2. The Balaban J connectivity index is 1.49. The first-order chi connectivity index (χ1) is 14.9. The van der Waals surface area contributed by atoms with Gasteiger partial charge in [0.15, 0.2) is 5.82 Å². The van der Waals surface area contributed by atoms with Gasteiger partial charge in [0.2, 0.25) is 17.8 Å². The number of carbonyl (C=O) groups is 1. The molecule has 10 heteroatoms. The van der Waals surface area contributed by atoms with E-state index in [2.05, 4.69) is 20.3 Å². The summed E-state index contributed by atoms with van der Waals surface area (Å²) in [6, 6.07) is 10.7. The third kappa shape index (κ3) is 5.15. The van der Waals surface area contributed by atoms with Crippen LogP contribution in [0, 0.1) is 6.92 Å². The molecule has 0 spiro atoms. The highest BCUT2D eigenvalue weighted by Crippen LogP contribution is 2.30. The SMILES string of the molecule is Cc1ccc(Nc2nc(N)nc(COc3cc(Cl)cc(N4CCCC4=O)c3)n2)cc1Cl. The predicted octanol–water partition coefficient (Wildman–Crippen LogP) is 4.52. The van der Waals surface area contributed by atoms with Crippen LogP contribution < -0.4 is 20.7 Å². The van der Waals surface area contributed by atoms with Gasteiger partial charge >= 0.3 is 0 Å². The summed E-state index contributed by atoms with van der Waals surface area (Å²) in [5.74, 6) is 1.25. The molecule has 0 bridgehead atoms. The van der Waals surface area contributed by atoms with E-state index in [1.807, 2.05) is 19.1 Å². The number of amides is 1. The third-order valence-electron chi connectivity index (χ3n) is 4.74. The van der Waals surface area contributed by atoms with Crippen molar-refractivity contribution in [2.45, 2.75) is 26.4 Å². The van der Waals surface area contributed by atoms with Gasteiger partial charge in [0, 0.05) is 40.5 Å². The van der Waals surface area contributed by atoms with Gasteiger partial charge in [0.05, 0.1) is 0 Å². The molecule has 4 rings (SSSR count). The summed E-state index contributed by atoms with van der Waals surface area (Å²) in [6.45, 7) is 2.63. The minimum absolute atomic E-state index is 0.0454. The van der Waals surface area contributed by atoms with Crippen LogP contribution in [0.2, 0.25) is 10.0 Å². The number of aromatic nitrogens is 3. The molecule has 0 atom stereocenters. The average Bonchev–Trinajstić information content (AvgIpc) is 3.14. The Hall–Kier alpha value is -3.10. The van der Waals surface area contributed by atoms with Gasteiger partial charge in [-0.1, -0.05) is 29.3 Å².